The predicted octanol–water partition coefficient (Wildman–Crippen LogP) is 2.93. The lowest BCUT2D eigenvalue weighted by atomic mass is 10.2. The van der Waals surface area contributed by atoms with Crippen molar-refractivity contribution in [2.75, 3.05) is 0 Å². The fraction of sp³-hybridized carbons (Fsp3) is 0.214. The van der Waals surface area contributed by atoms with Gasteiger partial charge in [-0.25, -0.2) is 0 Å². The Morgan fingerprint density at radius 1 is 1.11 bits per heavy atom. The third-order valence-electron chi connectivity index (χ3n) is 2.95. The van der Waals surface area contributed by atoms with E-state index in [-0.39, 0.29) is 0 Å². The number of aromatic nitrogens is 4. The summed E-state index contributed by atoms with van der Waals surface area (Å²) >= 11 is 0. The second kappa shape index (κ2) is 4.68. The van der Waals surface area contributed by atoms with E-state index in [4.69, 9.17) is 4.42 Å². The van der Waals surface area contributed by atoms with Crippen LogP contribution in [0, 0.1) is 6.92 Å². The van der Waals surface area contributed by atoms with Crippen LogP contribution in [0.5, 0.6) is 0 Å². The van der Waals surface area contributed by atoms with E-state index < -0.39 is 0 Å². The summed E-state index contributed by atoms with van der Waals surface area (Å²) in [6.07, 6.45) is 1.93. The summed E-state index contributed by atoms with van der Waals surface area (Å²) in [6, 6.07) is 9.73. The first-order valence-electron chi connectivity index (χ1n) is 6.21. The molecule has 0 saturated carbocycles. The Morgan fingerprint density at radius 3 is 2.53 bits per heavy atom. The number of benzene rings is 1. The molecule has 3 aromatic rings. The number of nitrogens with zero attached hydrogens (tertiary/aromatic N) is 4. The van der Waals surface area contributed by atoms with Crippen LogP contribution in [-0.4, -0.2) is 20.0 Å². The van der Waals surface area contributed by atoms with Crippen LogP contribution in [0.25, 0.3) is 22.9 Å². The summed E-state index contributed by atoms with van der Waals surface area (Å²) in [5, 5.41) is 12.6. The molecule has 0 saturated heterocycles. The molecule has 0 aliphatic heterocycles. The van der Waals surface area contributed by atoms with Gasteiger partial charge in [0.2, 0.25) is 5.89 Å². The molecule has 5 heteroatoms. The summed E-state index contributed by atoms with van der Waals surface area (Å²) in [7, 11) is 0. The van der Waals surface area contributed by atoms with Gasteiger partial charge >= 0.3 is 0 Å². The lowest BCUT2D eigenvalue weighted by Gasteiger charge is -1.92. The van der Waals surface area contributed by atoms with Crippen molar-refractivity contribution in [3.05, 3.63) is 42.2 Å². The van der Waals surface area contributed by atoms with Crippen molar-refractivity contribution in [1.29, 1.82) is 0 Å². The van der Waals surface area contributed by atoms with Crippen molar-refractivity contribution in [2.45, 2.75) is 20.4 Å². The highest BCUT2D eigenvalue weighted by molar-refractivity contribution is 5.58. The van der Waals surface area contributed by atoms with Crippen LogP contribution < -0.4 is 0 Å². The van der Waals surface area contributed by atoms with Gasteiger partial charge in [0.1, 0.15) is 0 Å². The predicted molar refractivity (Wildman–Crippen MR) is 71.4 cm³/mol. The summed E-state index contributed by atoms with van der Waals surface area (Å²) in [4.78, 5) is 0. The van der Waals surface area contributed by atoms with Gasteiger partial charge in [0, 0.05) is 18.3 Å². The number of hydrogen-bond donors (Lipinski definition) is 0. The van der Waals surface area contributed by atoms with Gasteiger partial charge in [0.25, 0.3) is 5.89 Å². The van der Waals surface area contributed by atoms with Crippen LogP contribution in [0.15, 0.2) is 40.9 Å². The first kappa shape index (κ1) is 11.6. The zero-order valence-electron chi connectivity index (χ0n) is 10.9. The van der Waals surface area contributed by atoms with Gasteiger partial charge in [-0.2, -0.15) is 5.10 Å². The van der Waals surface area contributed by atoms with Crippen molar-refractivity contribution in [3.63, 3.8) is 0 Å². The first-order valence-corrected chi connectivity index (χ1v) is 6.21. The Hall–Kier alpha value is -2.43. The van der Waals surface area contributed by atoms with Gasteiger partial charge in [-0.3, -0.25) is 4.68 Å². The maximum Gasteiger partial charge on any atom is 0.251 e. The third kappa shape index (κ3) is 2.14. The lowest BCUT2D eigenvalue weighted by Crippen LogP contribution is -1.93. The molecule has 0 spiro atoms. The zero-order chi connectivity index (χ0) is 13.2. The van der Waals surface area contributed by atoms with Crippen molar-refractivity contribution in [3.8, 4) is 22.9 Å². The maximum atomic E-state index is 5.72. The second-order valence-corrected chi connectivity index (χ2v) is 4.26. The fourth-order valence-electron chi connectivity index (χ4n) is 1.92. The van der Waals surface area contributed by atoms with E-state index in [2.05, 4.69) is 15.3 Å². The van der Waals surface area contributed by atoms with Gasteiger partial charge < -0.3 is 4.42 Å². The maximum absolute atomic E-state index is 5.72. The molecule has 2 heterocycles. The Bertz CT molecular complexity index is 685. The first-order chi connectivity index (χ1) is 9.28. The van der Waals surface area contributed by atoms with Crippen LogP contribution in [0.2, 0.25) is 0 Å². The van der Waals surface area contributed by atoms with E-state index in [1.807, 2.05) is 55.1 Å². The molecular weight excluding hydrogens is 240 g/mol. The number of aryl methyl sites for hydroxylation is 2. The molecule has 0 aliphatic carbocycles. The molecular formula is C14H14N4O. The lowest BCUT2D eigenvalue weighted by molar-refractivity contribution is 0.584. The minimum Gasteiger partial charge on any atom is -0.416 e. The Balaban J connectivity index is 1.99. The molecule has 96 valence electrons. The average molecular weight is 254 g/mol. The topological polar surface area (TPSA) is 56.7 Å². The van der Waals surface area contributed by atoms with E-state index in [1.54, 1.807) is 0 Å². The third-order valence-corrected chi connectivity index (χ3v) is 2.95. The highest BCUT2D eigenvalue weighted by Crippen LogP contribution is 2.25. The molecule has 2 aromatic heterocycles. The average Bonchev–Trinajstić information content (AvgIpc) is 3.06. The Kier molecular flexibility index (Phi) is 2.87. The molecule has 5 nitrogen and oxygen atoms in total. The molecule has 0 radical (unpaired) electrons. The standard InChI is InChI=1S/C14H14N4O/c1-3-18-9-12(10(2)17-18)14-16-15-13(19-14)11-7-5-4-6-8-11/h4-9H,3H2,1-2H3. The SMILES string of the molecule is CCn1cc(-c2nnc(-c3ccccc3)o2)c(C)n1. The molecule has 0 N–H and O–H groups in total. The minimum absolute atomic E-state index is 0.510. The highest BCUT2D eigenvalue weighted by Gasteiger charge is 2.14. The highest BCUT2D eigenvalue weighted by atomic mass is 16.4. The molecule has 3 rings (SSSR count). The van der Waals surface area contributed by atoms with E-state index in [0.29, 0.717) is 11.8 Å². The summed E-state index contributed by atoms with van der Waals surface area (Å²) in [5.41, 5.74) is 2.70. The number of rotatable bonds is 3. The smallest absolute Gasteiger partial charge is 0.251 e. The largest absolute Gasteiger partial charge is 0.416 e. The minimum atomic E-state index is 0.510. The van der Waals surface area contributed by atoms with Crippen molar-refractivity contribution in [2.24, 2.45) is 0 Å². The Morgan fingerprint density at radius 2 is 1.84 bits per heavy atom. The van der Waals surface area contributed by atoms with Gasteiger partial charge in [-0.1, -0.05) is 18.2 Å². The van der Waals surface area contributed by atoms with E-state index in [0.717, 1.165) is 23.4 Å². The second-order valence-electron chi connectivity index (χ2n) is 4.26. The molecule has 0 bridgehead atoms. The molecule has 0 unspecified atom stereocenters. The van der Waals surface area contributed by atoms with E-state index >= 15 is 0 Å². The molecule has 0 atom stereocenters. The molecule has 0 amide bonds. The van der Waals surface area contributed by atoms with E-state index in [9.17, 15) is 0 Å². The quantitative estimate of drug-likeness (QED) is 0.721. The summed E-state index contributed by atoms with van der Waals surface area (Å²) < 4.78 is 7.58. The molecule has 19 heavy (non-hydrogen) atoms. The Labute approximate surface area is 110 Å². The van der Waals surface area contributed by atoms with Crippen LogP contribution in [0.3, 0.4) is 0 Å². The van der Waals surface area contributed by atoms with Crippen molar-refractivity contribution >= 4 is 0 Å². The van der Waals surface area contributed by atoms with Gasteiger partial charge in [0.05, 0.1) is 11.3 Å². The summed E-state index contributed by atoms with van der Waals surface area (Å²) in [5.74, 6) is 1.04. The normalized spacial score (nSPS) is 10.8. The van der Waals surface area contributed by atoms with Crippen LogP contribution in [-0.2, 0) is 6.54 Å². The zero-order valence-corrected chi connectivity index (χ0v) is 10.9. The number of hydrogen-bond acceptors (Lipinski definition) is 4. The van der Waals surface area contributed by atoms with Crippen LogP contribution in [0.4, 0.5) is 0 Å². The van der Waals surface area contributed by atoms with Crippen molar-refractivity contribution in [1.82, 2.24) is 20.0 Å². The molecule has 0 aliphatic rings. The van der Waals surface area contributed by atoms with Crippen LogP contribution in [0.1, 0.15) is 12.6 Å². The van der Waals surface area contributed by atoms with Crippen LogP contribution >= 0.6 is 0 Å². The van der Waals surface area contributed by atoms with E-state index in [1.165, 1.54) is 0 Å². The van der Waals surface area contributed by atoms with Gasteiger partial charge in [0.15, 0.2) is 0 Å². The van der Waals surface area contributed by atoms with Crippen molar-refractivity contribution < 1.29 is 4.42 Å². The van der Waals surface area contributed by atoms with Gasteiger partial charge in [-0.05, 0) is 26.0 Å². The molecule has 0 fully saturated rings. The monoisotopic (exact) mass is 254 g/mol. The summed E-state index contributed by atoms with van der Waals surface area (Å²) in [6.45, 7) is 4.80. The fourth-order valence-corrected chi connectivity index (χ4v) is 1.92. The van der Waals surface area contributed by atoms with Gasteiger partial charge in [-0.15, -0.1) is 10.2 Å². The molecule has 1 aromatic carbocycles.